The molecule has 1 unspecified atom stereocenters. The minimum Gasteiger partial charge on any atom is -0.473 e. The van der Waals surface area contributed by atoms with Gasteiger partial charge in [-0.25, -0.2) is 0 Å². The number of morpholine rings is 1. The van der Waals surface area contributed by atoms with Gasteiger partial charge in [-0.2, -0.15) is 13.2 Å². The van der Waals surface area contributed by atoms with Crippen LogP contribution in [0, 0.1) is 11.3 Å². The molecule has 0 radical (unpaired) electrons. The molecule has 1 saturated heterocycles. The van der Waals surface area contributed by atoms with Crippen LogP contribution in [0.25, 0.3) is 0 Å². The van der Waals surface area contributed by atoms with Crippen molar-refractivity contribution in [1.82, 2.24) is 9.80 Å². The van der Waals surface area contributed by atoms with Gasteiger partial charge in [0.05, 0.1) is 29.7 Å². The van der Waals surface area contributed by atoms with E-state index in [-0.39, 0.29) is 37.3 Å². The number of nitrogens with zero attached hydrogens (tertiary/aromatic N) is 2. The second kappa shape index (κ2) is 8.52. The Morgan fingerprint density at radius 2 is 1.88 bits per heavy atom. The van der Waals surface area contributed by atoms with Crippen LogP contribution in [-0.2, 0) is 22.3 Å². The zero-order chi connectivity index (χ0) is 23.3. The van der Waals surface area contributed by atoms with Crippen LogP contribution in [0.5, 0.6) is 5.75 Å². The Labute approximate surface area is 187 Å². The average molecular weight is 455 g/mol. The van der Waals surface area contributed by atoms with Crippen molar-refractivity contribution >= 4 is 5.91 Å². The van der Waals surface area contributed by atoms with E-state index < -0.39 is 17.2 Å². The monoisotopic (exact) mass is 454 g/mol. The maximum Gasteiger partial charge on any atom is 0.416 e. The molecule has 4 atom stereocenters. The highest BCUT2D eigenvalue weighted by Crippen LogP contribution is 2.48. The van der Waals surface area contributed by atoms with Crippen molar-refractivity contribution in [3.05, 3.63) is 29.3 Å². The Hall–Kier alpha value is -1.80. The third kappa shape index (κ3) is 4.36. The summed E-state index contributed by atoms with van der Waals surface area (Å²) in [6.45, 7) is 10.2. The van der Waals surface area contributed by atoms with Crippen molar-refractivity contribution < 1.29 is 27.4 Å². The molecule has 1 saturated carbocycles. The first-order valence-corrected chi connectivity index (χ1v) is 11.5. The largest absolute Gasteiger partial charge is 0.473 e. The Morgan fingerprint density at radius 1 is 1.19 bits per heavy atom. The van der Waals surface area contributed by atoms with Gasteiger partial charge in [-0.3, -0.25) is 9.69 Å². The van der Waals surface area contributed by atoms with Crippen molar-refractivity contribution in [2.24, 2.45) is 11.3 Å². The predicted octanol–water partition coefficient (Wildman–Crippen LogP) is 4.69. The van der Waals surface area contributed by atoms with E-state index in [2.05, 4.69) is 32.6 Å². The van der Waals surface area contributed by atoms with Crippen LogP contribution in [0.2, 0.25) is 0 Å². The molecule has 1 aromatic rings. The third-order valence-corrected chi connectivity index (χ3v) is 7.43. The summed E-state index contributed by atoms with van der Waals surface area (Å²) in [5.41, 5.74) is -0.842. The first-order valence-electron chi connectivity index (χ1n) is 11.5. The molecule has 0 spiro atoms. The summed E-state index contributed by atoms with van der Waals surface area (Å²) in [6.07, 6.45) is -1.62. The number of benzene rings is 1. The number of amides is 1. The summed E-state index contributed by atoms with van der Waals surface area (Å²) in [5.74, 6) is 0.535. The van der Waals surface area contributed by atoms with Gasteiger partial charge in [-0.1, -0.05) is 13.8 Å². The highest BCUT2D eigenvalue weighted by atomic mass is 19.4. The molecular weight excluding hydrogens is 421 g/mol. The van der Waals surface area contributed by atoms with Crippen molar-refractivity contribution in [2.75, 3.05) is 19.8 Å². The Bertz CT molecular complexity index is 849. The Balaban J connectivity index is 1.52. The van der Waals surface area contributed by atoms with Crippen molar-refractivity contribution in [3.63, 3.8) is 0 Å². The highest BCUT2D eigenvalue weighted by Gasteiger charge is 2.51. The van der Waals surface area contributed by atoms with Gasteiger partial charge in [0.15, 0.2) is 6.73 Å². The molecule has 2 heterocycles. The molecule has 32 heavy (non-hydrogen) atoms. The van der Waals surface area contributed by atoms with Gasteiger partial charge >= 0.3 is 6.18 Å². The van der Waals surface area contributed by atoms with E-state index in [1.807, 2.05) is 0 Å². The van der Waals surface area contributed by atoms with Crippen molar-refractivity contribution in [3.8, 4) is 5.75 Å². The predicted molar refractivity (Wildman–Crippen MR) is 114 cm³/mol. The molecule has 8 heteroatoms. The lowest BCUT2D eigenvalue weighted by atomic mass is 9.74. The van der Waals surface area contributed by atoms with Crippen LogP contribution in [0.15, 0.2) is 18.2 Å². The van der Waals surface area contributed by atoms with E-state index in [1.165, 1.54) is 6.07 Å². The van der Waals surface area contributed by atoms with Gasteiger partial charge in [-0.05, 0) is 57.2 Å². The average Bonchev–Trinajstić information content (AvgIpc) is 3.18. The third-order valence-electron chi connectivity index (χ3n) is 7.43. The van der Waals surface area contributed by atoms with E-state index in [1.54, 1.807) is 4.90 Å². The molecular formula is C24H33F3N2O3. The topological polar surface area (TPSA) is 42.0 Å². The summed E-state index contributed by atoms with van der Waals surface area (Å²) in [5, 5.41) is 0. The molecule has 1 aromatic carbocycles. The van der Waals surface area contributed by atoms with Crippen LogP contribution in [0.4, 0.5) is 13.2 Å². The fourth-order valence-corrected chi connectivity index (χ4v) is 5.71. The maximum atomic E-state index is 13.8. The maximum absolute atomic E-state index is 13.8. The van der Waals surface area contributed by atoms with E-state index >= 15 is 0 Å². The van der Waals surface area contributed by atoms with Crippen LogP contribution >= 0.6 is 0 Å². The number of hydrogen-bond acceptors (Lipinski definition) is 4. The molecule has 0 aromatic heterocycles. The van der Waals surface area contributed by atoms with Gasteiger partial charge in [0, 0.05) is 24.7 Å². The number of carbonyl (C=O) groups excluding carboxylic acids is 1. The molecule has 4 rings (SSSR count). The van der Waals surface area contributed by atoms with Crippen LogP contribution < -0.4 is 4.74 Å². The number of hydrogen-bond donors (Lipinski definition) is 0. The molecule has 3 aliphatic rings. The molecule has 2 fully saturated rings. The molecule has 0 bridgehead atoms. The normalized spacial score (nSPS) is 31.5. The van der Waals surface area contributed by atoms with E-state index in [0.29, 0.717) is 17.4 Å². The van der Waals surface area contributed by atoms with Crippen LogP contribution in [0.1, 0.15) is 58.1 Å². The summed E-state index contributed by atoms with van der Waals surface area (Å²) in [6, 6.07) is 3.79. The van der Waals surface area contributed by atoms with Gasteiger partial charge in [0.1, 0.15) is 5.75 Å². The lowest BCUT2D eigenvalue weighted by Crippen LogP contribution is -2.51. The number of rotatable bonds is 3. The zero-order valence-corrected chi connectivity index (χ0v) is 19.2. The lowest BCUT2D eigenvalue weighted by Gasteiger charge is -2.42. The van der Waals surface area contributed by atoms with Crippen molar-refractivity contribution in [2.45, 2.75) is 77.9 Å². The Morgan fingerprint density at radius 3 is 2.50 bits per heavy atom. The second-order valence-electron chi connectivity index (χ2n) is 10.0. The van der Waals surface area contributed by atoms with E-state index in [0.717, 1.165) is 44.5 Å². The van der Waals surface area contributed by atoms with Crippen LogP contribution in [-0.4, -0.2) is 53.8 Å². The van der Waals surface area contributed by atoms with E-state index in [9.17, 15) is 18.0 Å². The zero-order valence-electron chi connectivity index (χ0n) is 19.2. The van der Waals surface area contributed by atoms with Gasteiger partial charge in [0.2, 0.25) is 5.91 Å². The van der Waals surface area contributed by atoms with Gasteiger partial charge in [0.25, 0.3) is 0 Å². The molecule has 0 N–H and O–H groups in total. The molecule has 178 valence electrons. The minimum atomic E-state index is -4.43. The number of halogens is 3. The first-order chi connectivity index (χ1) is 15.0. The molecule has 1 aliphatic carbocycles. The van der Waals surface area contributed by atoms with E-state index in [4.69, 9.17) is 9.47 Å². The number of carbonyl (C=O) groups is 1. The van der Waals surface area contributed by atoms with Crippen LogP contribution in [0.3, 0.4) is 0 Å². The number of alkyl halides is 3. The summed E-state index contributed by atoms with van der Waals surface area (Å²) in [4.78, 5) is 17.8. The summed E-state index contributed by atoms with van der Waals surface area (Å²) < 4.78 is 51.1. The molecule has 5 nitrogen and oxygen atoms in total. The SMILES string of the molecule is CC1CN([C@@H]2CC[C@@](C(=O)N3COc4ccc(C(F)(F)F)cc4C3)(C(C)C)C2)C[C@@H](C)O1. The first kappa shape index (κ1) is 23.4. The number of fused-ring (bicyclic) bond motifs is 1. The number of ether oxygens (including phenoxy) is 2. The highest BCUT2D eigenvalue weighted by molar-refractivity contribution is 5.83. The standard InChI is InChI=1S/C24H33F3N2O3/c1-15(2)23(8-7-20(10-23)28-11-16(3)32-17(4)12-28)22(30)29-13-18-9-19(24(25,26)27)5-6-21(18)31-14-29/h5-6,9,15-17,20H,7-8,10-14H2,1-4H3/t16-,17?,20-,23+/m1/s1. The fourth-order valence-electron chi connectivity index (χ4n) is 5.71. The second-order valence-corrected chi connectivity index (χ2v) is 10.0. The van der Waals surface area contributed by atoms with Crippen molar-refractivity contribution in [1.29, 1.82) is 0 Å². The lowest BCUT2D eigenvalue weighted by molar-refractivity contribution is -0.150. The fraction of sp³-hybridized carbons (Fsp3) is 0.708. The quantitative estimate of drug-likeness (QED) is 0.665. The van der Waals surface area contributed by atoms with Gasteiger partial charge in [-0.15, -0.1) is 0 Å². The molecule has 2 aliphatic heterocycles. The Kier molecular flexibility index (Phi) is 6.22. The molecule has 1 amide bonds. The van der Waals surface area contributed by atoms with Gasteiger partial charge < -0.3 is 14.4 Å². The summed E-state index contributed by atoms with van der Waals surface area (Å²) >= 11 is 0. The summed E-state index contributed by atoms with van der Waals surface area (Å²) in [7, 11) is 0. The minimum absolute atomic E-state index is 0.00702. The smallest absolute Gasteiger partial charge is 0.416 e.